The first-order chi connectivity index (χ1) is 11.9. The van der Waals surface area contributed by atoms with E-state index in [0.29, 0.717) is 23.1 Å². The van der Waals surface area contributed by atoms with Gasteiger partial charge in [0.15, 0.2) is 0 Å². The lowest BCUT2D eigenvalue weighted by Crippen LogP contribution is -2.40. The number of halogens is 2. The summed E-state index contributed by atoms with van der Waals surface area (Å²) in [6.45, 7) is 3.18. The van der Waals surface area contributed by atoms with E-state index in [4.69, 9.17) is 28.2 Å². The molecule has 0 N–H and O–H groups in total. The summed E-state index contributed by atoms with van der Waals surface area (Å²) in [5, 5.41) is 2.08. The van der Waals surface area contributed by atoms with Gasteiger partial charge in [0.05, 0.1) is 17.3 Å². The van der Waals surface area contributed by atoms with Gasteiger partial charge in [-0.05, 0) is 30.7 Å². The average molecular weight is 396 g/mol. The van der Waals surface area contributed by atoms with Crippen molar-refractivity contribution in [3.05, 3.63) is 50.3 Å². The predicted molar refractivity (Wildman–Crippen MR) is 107 cm³/mol. The molecule has 4 nitrogen and oxygen atoms in total. The summed E-state index contributed by atoms with van der Waals surface area (Å²) in [6, 6.07) is 7.50. The number of benzene rings is 1. The van der Waals surface area contributed by atoms with Crippen molar-refractivity contribution in [1.82, 2.24) is 4.90 Å². The highest BCUT2D eigenvalue weighted by molar-refractivity contribution is 7.16. The van der Waals surface area contributed by atoms with Gasteiger partial charge in [-0.1, -0.05) is 30.1 Å². The lowest BCUT2D eigenvalue weighted by atomic mass is 10.0. The molecule has 3 rings (SSSR count). The Morgan fingerprint density at radius 1 is 1.28 bits per heavy atom. The molecule has 2 amide bonds. The number of aliphatic imine (C=N–C) groups is 1. The van der Waals surface area contributed by atoms with Crippen molar-refractivity contribution in [2.75, 3.05) is 32.1 Å². The van der Waals surface area contributed by atoms with Crippen LogP contribution in [0.4, 0.5) is 9.80 Å². The van der Waals surface area contributed by atoms with Crippen molar-refractivity contribution in [2.45, 2.75) is 13.3 Å². The van der Waals surface area contributed by atoms with Gasteiger partial charge in [-0.25, -0.2) is 4.79 Å². The number of hydrogen-bond donors (Lipinski definition) is 0. The molecule has 0 saturated carbocycles. The minimum absolute atomic E-state index is 0.0376. The normalized spacial score (nSPS) is 14.0. The molecule has 0 atom stereocenters. The minimum Gasteiger partial charge on any atom is -0.330 e. The number of anilines is 1. The Balaban J connectivity index is 2.14. The van der Waals surface area contributed by atoms with E-state index in [1.807, 2.05) is 12.1 Å². The zero-order valence-corrected chi connectivity index (χ0v) is 16.7. The van der Waals surface area contributed by atoms with Crippen LogP contribution in [0.3, 0.4) is 0 Å². The van der Waals surface area contributed by atoms with Crippen LogP contribution in [0.5, 0.6) is 0 Å². The number of amides is 2. The Kier molecular flexibility index (Phi) is 5.37. The number of carbonyl (C=O) groups is 1. The van der Waals surface area contributed by atoms with E-state index in [1.54, 1.807) is 41.3 Å². The number of thiophene rings is 1. The van der Waals surface area contributed by atoms with E-state index < -0.39 is 0 Å². The molecule has 0 aliphatic carbocycles. The summed E-state index contributed by atoms with van der Waals surface area (Å²) in [7, 11) is 3.53. The number of carbonyl (C=O) groups excluding carboxylic acids is 1. The number of nitrogens with zero attached hydrogens (tertiary/aromatic N) is 3. The summed E-state index contributed by atoms with van der Waals surface area (Å²) in [4.78, 5) is 22.0. The Labute approximate surface area is 161 Å². The molecule has 0 spiro atoms. The van der Waals surface area contributed by atoms with Gasteiger partial charge >= 0.3 is 6.03 Å². The SMILES string of the molecule is CCc1cc2c(s1)N(C(=O)N(C)C)CCN=C2c1ccc(Cl)cc1Cl. The fraction of sp³-hybridized carbons (Fsp3) is 0.333. The van der Waals surface area contributed by atoms with Gasteiger partial charge in [0.2, 0.25) is 0 Å². The van der Waals surface area contributed by atoms with Gasteiger partial charge < -0.3 is 4.90 Å². The predicted octanol–water partition coefficient (Wildman–Crippen LogP) is 4.96. The zero-order valence-electron chi connectivity index (χ0n) is 14.3. The van der Waals surface area contributed by atoms with Crippen molar-refractivity contribution < 1.29 is 4.79 Å². The highest BCUT2D eigenvalue weighted by Crippen LogP contribution is 2.37. The first-order valence-electron chi connectivity index (χ1n) is 8.04. The molecule has 1 aliphatic heterocycles. The third-order valence-electron chi connectivity index (χ3n) is 4.01. The Morgan fingerprint density at radius 3 is 2.68 bits per heavy atom. The second-order valence-electron chi connectivity index (χ2n) is 5.97. The van der Waals surface area contributed by atoms with Gasteiger partial charge in [-0.3, -0.25) is 9.89 Å². The molecule has 1 aromatic carbocycles. The van der Waals surface area contributed by atoms with Crippen molar-refractivity contribution in [3.8, 4) is 0 Å². The van der Waals surface area contributed by atoms with E-state index in [-0.39, 0.29) is 6.03 Å². The van der Waals surface area contributed by atoms with Crippen molar-refractivity contribution in [1.29, 1.82) is 0 Å². The quantitative estimate of drug-likeness (QED) is 0.707. The molecule has 0 unspecified atom stereocenters. The van der Waals surface area contributed by atoms with Crippen LogP contribution in [0, 0.1) is 0 Å². The molecule has 25 heavy (non-hydrogen) atoms. The van der Waals surface area contributed by atoms with Crippen LogP contribution in [-0.4, -0.2) is 43.8 Å². The zero-order chi connectivity index (χ0) is 18.1. The first-order valence-corrected chi connectivity index (χ1v) is 9.61. The largest absolute Gasteiger partial charge is 0.330 e. The fourth-order valence-corrected chi connectivity index (χ4v) is 4.37. The molecule has 132 valence electrons. The Morgan fingerprint density at radius 2 is 2.04 bits per heavy atom. The second-order valence-corrected chi connectivity index (χ2v) is 7.93. The maximum atomic E-state index is 12.6. The number of fused-ring (bicyclic) bond motifs is 1. The average Bonchev–Trinajstić information content (AvgIpc) is 2.92. The Hall–Kier alpha value is -1.56. The number of rotatable bonds is 2. The van der Waals surface area contributed by atoms with Gasteiger partial charge in [-0.15, -0.1) is 11.3 Å². The molecule has 0 saturated heterocycles. The van der Waals surface area contributed by atoms with E-state index in [2.05, 4.69) is 13.0 Å². The first kappa shape index (κ1) is 18.2. The third kappa shape index (κ3) is 3.54. The number of hydrogen-bond acceptors (Lipinski definition) is 3. The lowest BCUT2D eigenvalue weighted by Gasteiger charge is -2.24. The maximum absolute atomic E-state index is 12.6. The van der Waals surface area contributed by atoms with Crippen LogP contribution in [0.1, 0.15) is 22.9 Å². The van der Waals surface area contributed by atoms with Crippen LogP contribution < -0.4 is 4.90 Å². The molecule has 1 aromatic heterocycles. The van der Waals surface area contributed by atoms with Gasteiger partial charge in [0.25, 0.3) is 0 Å². The van der Waals surface area contributed by atoms with Crippen molar-refractivity contribution in [2.24, 2.45) is 4.99 Å². The van der Waals surface area contributed by atoms with E-state index >= 15 is 0 Å². The van der Waals surface area contributed by atoms with Gasteiger partial charge in [-0.2, -0.15) is 0 Å². The fourth-order valence-electron chi connectivity index (χ4n) is 2.76. The number of aryl methyl sites for hydroxylation is 1. The highest BCUT2D eigenvalue weighted by atomic mass is 35.5. The second kappa shape index (κ2) is 7.36. The standard InChI is InChI=1S/C18H19Cl2N3OS/c1-4-12-10-14-16(13-6-5-11(19)9-15(13)20)21-7-8-23(17(14)25-12)18(24)22(2)3/h5-6,9-10H,4,7-8H2,1-3H3. The van der Waals surface area contributed by atoms with Crippen molar-refractivity contribution in [3.63, 3.8) is 0 Å². The van der Waals surface area contributed by atoms with Crippen molar-refractivity contribution >= 4 is 51.3 Å². The highest BCUT2D eigenvalue weighted by Gasteiger charge is 2.28. The summed E-state index contributed by atoms with van der Waals surface area (Å²) in [5.74, 6) is 0. The van der Waals surface area contributed by atoms with Crippen LogP contribution in [0.15, 0.2) is 29.3 Å². The lowest BCUT2D eigenvalue weighted by molar-refractivity contribution is 0.224. The summed E-state index contributed by atoms with van der Waals surface area (Å²) in [6.07, 6.45) is 0.906. The van der Waals surface area contributed by atoms with Crippen LogP contribution in [-0.2, 0) is 6.42 Å². The van der Waals surface area contributed by atoms with E-state index in [0.717, 1.165) is 28.3 Å². The molecule has 0 bridgehead atoms. The van der Waals surface area contributed by atoms with Crippen LogP contribution in [0.25, 0.3) is 0 Å². The monoisotopic (exact) mass is 395 g/mol. The van der Waals surface area contributed by atoms with Gasteiger partial charge in [0, 0.05) is 41.7 Å². The number of urea groups is 1. The molecular formula is C18H19Cl2N3OS. The molecule has 7 heteroatoms. The van der Waals surface area contributed by atoms with E-state index in [9.17, 15) is 4.79 Å². The molecule has 2 heterocycles. The topological polar surface area (TPSA) is 35.9 Å². The summed E-state index contributed by atoms with van der Waals surface area (Å²) in [5.41, 5.74) is 2.62. The molecule has 2 aromatic rings. The Bertz CT molecular complexity index is 845. The molecule has 1 aliphatic rings. The molecule has 0 radical (unpaired) electrons. The minimum atomic E-state index is -0.0376. The van der Waals surface area contributed by atoms with Gasteiger partial charge in [0.1, 0.15) is 5.00 Å². The molecule has 0 fully saturated rings. The van der Waals surface area contributed by atoms with Crippen LogP contribution in [0.2, 0.25) is 10.0 Å². The summed E-state index contributed by atoms with van der Waals surface area (Å²) < 4.78 is 0. The smallest absolute Gasteiger partial charge is 0.324 e. The summed E-state index contributed by atoms with van der Waals surface area (Å²) >= 11 is 14.1. The third-order valence-corrected chi connectivity index (χ3v) is 5.86. The molecular weight excluding hydrogens is 377 g/mol. The van der Waals surface area contributed by atoms with E-state index in [1.165, 1.54) is 4.88 Å². The maximum Gasteiger partial charge on any atom is 0.324 e. The van der Waals surface area contributed by atoms with Crippen LogP contribution >= 0.6 is 34.5 Å².